The molecule has 2 nitrogen and oxygen atoms in total. The fourth-order valence-corrected chi connectivity index (χ4v) is 3.54. The van der Waals surface area contributed by atoms with E-state index in [1.54, 1.807) is 0 Å². The summed E-state index contributed by atoms with van der Waals surface area (Å²) < 4.78 is 0.501. The molecule has 1 heterocycles. The molecule has 0 spiro atoms. The van der Waals surface area contributed by atoms with Gasteiger partial charge in [0.25, 0.3) is 0 Å². The molecule has 18 heavy (non-hydrogen) atoms. The number of unbranched alkanes of at least 4 members (excludes halogenated alkanes) is 3. The molecule has 1 fully saturated rings. The first-order chi connectivity index (χ1) is 8.64. The summed E-state index contributed by atoms with van der Waals surface area (Å²) in [6.07, 6.45) is 6.87. The largest absolute Gasteiger partial charge is 0.317 e. The SMILES string of the molecule is CCNCCCCCCN1CCSC(C)(C)CC1. The van der Waals surface area contributed by atoms with Crippen LogP contribution in [0.2, 0.25) is 0 Å². The molecular weight excluding hydrogens is 240 g/mol. The van der Waals surface area contributed by atoms with Gasteiger partial charge in [-0.05, 0) is 45.4 Å². The number of hydrogen-bond donors (Lipinski definition) is 1. The van der Waals surface area contributed by atoms with Gasteiger partial charge in [0, 0.05) is 17.0 Å². The van der Waals surface area contributed by atoms with Crippen LogP contribution >= 0.6 is 11.8 Å². The lowest BCUT2D eigenvalue weighted by Crippen LogP contribution is -2.28. The summed E-state index contributed by atoms with van der Waals surface area (Å²) >= 11 is 2.15. The van der Waals surface area contributed by atoms with Crippen LogP contribution in [-0.2, 0) is 0 Å². The predicted molar refractivity (Wildman–Crippen MR) is 84.6 cm³/mol. The van der Waals surface area contributed by atoms with Crippen molar-refractivity contribution in [1.82, 2.24) is 10.2 Å². The van der Waals surface area contributed by atoms with Crippen LogP contribution in [0, 0.1) is 0 Å². The standard InChI is InChI=1S/C15H32N2S/c1-4-16-10-7-5-6-8-11-17-12-9-15(2,3)18-14-13-17/h16H,4-14H2,1-3H3. The molecule has 0 bridgehead atoms. The van der Waals surface area contributed by atoms with Crippen LogP contribution in [0.25, 0.3) is 0 Å². The van der Waals surface area contributed by atoms with E-state index in [1.807, 2.05) is 0 Å². The fourth-order valence-electron chi connectivity index (χ4n) is 2.40. The van der Waals surface area contributed by atoms with E-state index in [-0.39, 0.29) is 0 Å². The first kappa shape index (κ1) is 16.3. The number of nitrogens with one attached hydrogen (secondary N) is 1. The summed E-state index contributed by atoms with van der Waals surface area (Å²) in [6, 6.07) is 0. The molecule has 3 heteroatoms. The van der Waals surface area contributed by atoms with Gasteiger partial charge in [-0.15, -0.1) is 0 Å². The Bertz CT molecular complexity index is 207. The minimum absolute atomic E-state index is 0.501. The maximum Gasteiger partial charge on any atom is 0.0116 e. The van der Waals surface area contributed by atoms with E-state index in [0.717, 1.165) is 6.54 Å². The first-order valence-corrected chi connectivity index (χ1v) is 8.69. The average Bonchev–Trinajstić information content (AvgIpc) is 2.50. The Kier molecular flexibility index (Phi) is 8.36. The molecule has 0 aromatic carbocycles. The molecule has 1 aliphatic heterocycles. The molecule has 0 saturated carbocycles. The zero-order chi connectivity index (χ0) is 13.3. The van der Waals surface area contributed by atoms with Gasteiger partial charge in [0.05, 0.1) is 0 Å². The molecule has 108 valence electrons. The van der Waals surface area contributed by atoms with Crippen molar-refractivity contribution in [3.05, 3.63) is 0 Å². The highest BCUT2D eigenvalue weighted by Gasteiger charge is 2.23. The summed E-state index contributed by atoms with van der Waals surface area (Å²) in [5.41, 5.74) is 0. The highest BCUT2D eigenvalue weighted by Crippen LogP contribution is 2.30. The van der Waals surface area contributed by atoms with Crippen molar-refractivity contribution in [2.24, 2.45) is 0 Å². The van der Waals surface area contributed by atoms with Crippen molar-refractivity contribution >= 4 is 11.8 Å². The van der Waals surface area contributed by atoms with E-state index >= 15 is 0 Å². The molecule has 1 N–H and O–H groups in total. The summed E-state index contributed by atoms with van der Waals surface area (Å²) in [5, 5.41) is 3.39. The Morgan fingerprint density at radius 3 is 2.67 bits per heavy atom. The minimum atomic E-state index is 0.501. The van der Waals surface area contributed by atoms with Crippen molar-refractivity contribution in [1.29, 1.82) is 0 Å². The minimum Gasteiger partial charge on any atom is -0.317 e. The zero-order valence-corrected chi connectivity index (χ0v) is 13.5. The first-order valence-electron chi connectivity index (χ1n) is 7.71. The Balaban J connectivity index is 1.99. The van der Waals surface area contributed by atoms with Crippen molar-refractivity contribution in [3.8, 4) is 0 Å². The van der Waals surface area contributed by atoms with Crippen LogP contribution < -0.4 is 5.32 Å². The second kappa shape index (κ2) is 9.22. The lowest BCUT2D eigenvalue weighted by Gasteiger charge is -2.22. The van der Waals surface area contributed by atoms with E-state index in [4.69, 9.17) is 0 Å². The molecular formula is C15H32N2S. The molecule has 0 atom stereocenters. The van der Waals surface area contributed by atoms with Crippen LogP contribution in [0.5, 0.6) is 0 Å². The quantitative estimate of drug-likeness (QED) is 0.682. The lowest BCUT2D eigenvalue weighted by atomic mass is 10.1. The van der Waals surface area contributed by atoms with Gasteiger partial charge >= 0.3 is 0 Å². The monoisotopic (exact) mass is 272 g/mol. The van der Waals surface area contributed by atoms with Gasteiger partial charge in [0.2, 0.25) is 0 Å². The molecule has 0 aromatic heterocycles. The van der Waals surface area contributed by atoms with Gasteiger partial charge < -0.3 is 10.2 Å². The fraction of sp³-hybridized carbons (Fsp3) is 1.00. The average molecular weight is 273 g/mol. The zero-order valence-electron chi connectivity index (χ0n) is 12.6. The van der Waals surface area contributed by atoms with Crippen molar-refractivity contribution in [3.63, 3.8) is 0 Å². The van der Waals surface area contributed by atoms with E-state index in [2.05, 4.69) is 42.7 Å². The number of rotatable bonds is 8. The van der Waals surface area contributed by atoms with Gasteiger partial charge in [-0.3, -0.25) is 0 Å². The maximum atomic E-state index is 3.39. The van der Waals surface area contributed by atoms with E-state index in [0.29, 0.717) is 4.75 Å². The van der Waals surface area contributed by atoms with Crippen molar-refractivity contribution in [2.45, 2.75) is 57.6 Å². The molecule has 0 aromatic rings. The van der Waals surface area contributed by atoms with Gasteiger partial charge in [-0.2, -0.15) is 11.8 Å². The summed E-state index contributed by atoms with van der Waals surface area (Å²) in [7, 11) is 0. The maximum absolute atomic E-state index is 3.39. The second-order valence-corrected chi connectivity index (χ2v) is 7.77. The van der Waals surface area contributed by atoms with Crippen LogP contribution in [0.4, 0.5) is 0 Å². The Labute approximate surface area is 118 Å². The summed E-state index contributed by atoms with van der Waals surface area (Å²) in [6.45, 7) is 13.2. The van der Waals surface area contributed by atoms with Gasteiger partial charge in [-0.1, -0.05) is 33.6 Å². The molecule has 0 radical (unpaired) electrons. The molecule has 1 rings (SSSR count). The topological polar surface area (TPSA) is 15.3 Å². The third-order valence-corrected chi connectivity index (χ3v) is 5.13. The molecule has 0 aliphatic carbocycles. The number of thioether (sulfide) groups is 1. The Morgan fingerprint density at radius 1 is 1.11 bits per heavy atom. The van der Waals surface area contributed by atoms with Crippen LogP contribution in [0.15, 0.2) is 0 Å². The molecule has 1 aliphatic rings. The summed E-state index contributed by atoms with van der Waals surface area (Å²) in [5.74, 6) is 1.31. The van der Waals surface area contributed by atoms with Gasteiger partial charge in [0.1, 0.15) is 0 Å². The normalized spacial score (nSPS) is 20.8. The smallest absolute Gasteiger partial charge is 0.0116 e. The number of nitrogens with zero attached hydrogens (tertiary/aromatic N) is 1. The molecule has 0 amide bonds. The highest BCUT2D eigenvalue weighted by atomic mass is 32.2. The number of hydrogen-bond acceptors (Lipinski definition) is 3. The third kappa shape index (κ3) is 7.65. The van der Waals surface area contributed by atoms with Crippen molar-refractivity contribution in [2.75, 3.05) is 38.5 Å². The molecule has 1 saturated heterocycles. The summed E-state index contributed by atoms with van der Waals surface area (Å²) in [4.78, 5) is 2.67. The van der Waals surface area contributed by atoms with E-state index < -0.39 is 0 Å². The molecule has 0 unspecified atom stereocenters. The lowest BCUT2D eigenvalue weighted by molar-refractivity contribution is 0.277. The van der Waals surface area contributed by atoms with Crippen molar-refractivity contribution < 1.29 is 0 Å². The van der Waals surface area contributed by atoms with E-state index in [1.165, 1.54) is 64.0 Å². The Morgan fingerprint density at radius 2 is 1.89 bits per heavy atom. The third-order valence-electron chi connectivity index (χ3n) is 3.76. The van der Waals surface area contributed by atoms with E-state index in [9.17, 15) is 0 Å². The van der Waals surface area contributed by atoms with Gasteiger partial charge in [0.15, 0.2) is 0 Å². The Hall–Kier alpha value is 0.270. The second-order valence-electron chi connectivity index (χ2n) is 5.97. The highest BCUT2D eigenvalue weighted by molar-refractivity contribution is 8.00. The van der Waals surface area contributed by atoms with Gasteiger partial charge in [-0.25, -0.2) is 0 Å². The van der Waals surface area contributed by atoms with Crippen LogP contribution in [0.1, 0.15) is 52.9 Å². The predicted octanol–water partition coefficient (Wildman–Crippen LogP) is 3.37. The van der Waals surface area contributed by atoms with Crippen LogP contribution in [0.3, 0.4) is 0 Å². The van der Waals surface area contributed by atoms with Crippen LogP contribution in [-0.4, -0.2) is 48.1 Å².